The summed E-state index contributed by atoms with van der Waals surface area (Å²) >= 11 is 0. The fourth-order valence-electron chi connectivity index (χ4n) is 1.05. The zero-order valence-corrected chi connectivity index (χ0v) is 11.5. The van der Waals surface area contributed by atoms with Gasteiger partial charge in [0.05, 0.1) is 0 Å². The summed E-state index contributed by atoms with van der Waals surface area (Å²) in [6.07, 6.45) is 3.48. The van der Waals surface area contributed by atoms with Crippen LogP contribution < -0.4 is 5.73 Å². The van der Waals surface area contributed by atoms with Gasteiger partial charge in [-0.05, 0) is 19.8 Å². The Hall–Kier alpha value is -1.58. The molecule has 2 amide bonds. The van der Waals surface area contributed by atoms with E-state index >= 15 is 0 Å². The van der Waals surface area contributed by atoms with Crippen LogP contribution in [0, 0.1) is 0 Å². The molecule has 4 heteroatoms. The molecular formula is C13H24N2O2. The van der Waals surface area contributed by atoms with Gasteiger partial charge in [0, 0.05) is 25.2 Å². The molecule has 0 aliphatic heterocycles. The number of nitrogens with zero attached hydrogens (tertiary/aromatic N) is 1. The van der Waals surface area contributed by atoms with Gasteiger partial charge in [-0.15, -0.1) is 0 Å². The van der Waals surface area contributed by atoms with Crippen molar-refractivity contribution in [2.45, 2.75) is 33.6 Å². The summed E-state index contributed by atoms with van der Waals surface area (Å²) in [7, 11) is 3.41. The normalized spacial score (nSPS) is 10.1. The topological polar surface area (TPSA) is 63.4 Å². The summed E-state index contributed by atoms with van der Waals surface area (Å²) in [6.45, 7) is 9.09. The standard InChI is InChI=1S/C7H13NO.C6H11NO/c1-3-5-6(4-2)7(8)9;1-5(2)6(8)7(3)4/h5H,3-4H2,1-2H3,(H2,8,9);1H2,2-4H3. The molecule has 0 fully saturated rings. The van der Waals surface area contributed by atoms with E-state index in [1.165, 1.54) is 4.90 Å². The first kappa shape index (κ1) is 17.8. The van der Waals surface area contributed by atoms with Crippen molar-refractivity contribution in [1.82, 2.24) is 4.90 Å². The quantitative estimate of drug-likeness (QED) is 0.762. The van der Waals surface area contributed by atoms with Crippen LogP contribution in [0.25, 0.3) is 0 Å². The summed E-state index contributed by atoms with van der Waals surface area (Å²) in [4.78, 5) is 22.6. The van der Waals surface area contributed by atoms with Crippen molar-refractivity contribution in [3.63, 3.8) is 0 Å². The van der Waals surface area contributed by atoms with Gasteiger partial charge in [-0.3, -0.25) is 9.59 Å². The Morgan fingerprint density at radius 1 is 1.29 bits per heavy atom. The number of likely N-dealkylation sites (N-methyl/N-ethyl adjacent to an activating group) is 1. The molecule has 98 valence electrons. The smallest absolute Gasteiger partial charge is 0.248 e. The molecule has 0 atom stereocenters. The number of rotatable bonds is 4. The van der Waals surface area contributed by atoms with Crippen LogP contribution in [0.3, 0.4) is 0 Å². The summed E-state index contributed by atoms with van der Waals surface area (Å²) in [6, 6.07) is 0. The van der Waals surface area contributed by atoms with Crippen LogP contribution in [0.1, 0.15) is 33.6 Å². The highest BCUT2D eigenvalue weighted by atomic mass is 16.2. The summed E-state index contributed by atoms with van der Waals surface area (Å²) in [5.74, 6) is -0.302. The Morgan fingerprint density at radius 2 is 1.76 bits per heavy atom. The first-order valence-electron chi connectivity index (χ1n) is 5.63. The summed E-state index contributed by atoms with van der Waals surface area (Å²) in [5.41, 5.74) is 6.34. The zero-order valence-electron chi connectivity index (χ0n) is 11.5. The maximum atomic E-state index is 10.7. The Morgan fingerprint density at radius 3 is 1.82 bits per heavy atom. The average Bonchev–Trinajstić information content (AvgIpc) is 2.24. The van der Waals surface area contributed by atoms with Crippen LogP contribution in [0.4, 0.5) is 0 Å². The molecule has 17 heavy (non-hydrogen) atoms. The number of carbonyl (C=O) groups excluding carboxylic acids is 2. The van der Waals surface area contributed by atoms with Gasteiger partial charge in [-0.1, -0.05) is 26.5 Å². The van der Waals surface area contributed by atoms with Crippen LogP contribution in [-0.4, -0.2) is 30.8 Å². The minimum Gasteiger partial charge on any atom is -0.366 e. The van der Waals surface area contributed by atoms with E-state index in [0.717, 1.165) is 18.4 Å². The van der Waals surface area contributed by atoms with Crippen LogP contribution in [-0.2, 0) is 9.59 Å². The second-order valence-electron chi connectivity index (χ2n) is 3.84. The predicted octanol–water partition coefficient (Wildman–Crippen LogP) is 1.87. The van der Waals surface area contributed by atoms with Gasteiger partial charge >= 0.3 is 0 Å². The second-order valence-corrected chi connectivity index (χ2v) is 3.84. The Balaban J connectivity index is 0. The van der Waals surface area contributed by atoms with Crippen molar-refractivity contribution >= 4 is 11.8 Å². The molecule has 0 bridgehead atoms. The van der Waals surface area contributed by atoms with E-state index in [1.54, 1.807) is 21.0 Å². The molecule has 0 heterocycles. The molecule has 0 aromatic rings. The fraction of sp³-hybridized carbons (Fsp3) is 0.538. The number of allylic oxidation sites excluding steroid dienone is 1. The van der Waals surface area contributed by atoms with Crippen LogP contribution in [0.5, 0.6) is 0 Å². The minimum absolute atomic E-state index is 0.00926. The molecule has 0 unspecified atom stereocenters. The molecular weight excluding hydrogens is 216 g/mol. The Labute approximate surface area is 104 Å². The second kappa shape index (κ2) is 9.63. The first-order valence-corrected chi connectivity index (χ1v) is 5.63. The molecule has 0 aromatic heterocycles. The highest BCUT2D eigenvalue weighted by Gasteiger charge is 2.01. The summed E-state index contributed by atoms with van der Waals surface area (Å²) < 4.78 is 0. The average molecular weight is 240 g/mol. The molecule has 0 radical (unpaired) electrons. The Bertz CT molecular complexity index is 305. The third-order valence-electron chi connectivity index (χ3n) is 1.92. The maximum absolute atomic E-state index is 10.7. The van der Waals surface area contributed by atoms with Crippen molar-refractivity contribution in [1.29, 1.82) is 0 Å². The third kappa shape index (κ3) is 9.35. The van der Waals surface area contributed by atoms with Crippen LogP contribution in [0.15, 0.2) is 23.8 Å². The van der Waals surface area contributed by atoms with Gasteiger partial charge in [0.15, 0.2) is 0 Å². The van der Waals surface area contributed by atoms with E-state index in [0.29, 0.717) is 5.57 Å². The predicted molar refractivity (Wildman–Crippen MR) is 71.4 cm³/mol. The fourth-order valence-corrected chi connectivity index (χ4v) is 1.05. The van der Waals surface area contributed by atoms with Gasteiger partial charge < -0.3 is 10.6 Å². The molecule has 4 nitrogen and oxygen atoms in total. The van der Waals surface area contributed by atoms with Crippen molar-refractivity contribution in [2.75, 3.05) is 14.1 Å². The highest BCUT2D eigenvalue weighted by Crippen LogP contribution is 1.99. The van der Waals surface area contributed by atoms with Gasteiger partial charge in [-0.25, -0.2) is 0 Å². The lowest BCUT2D eigenvalue weighted by molar-refractivity contribution is -0.124. The van der Waals surface area contributed by atoms with Crippen molar-refractivity contribution in [2.24, 2.45) is 5.73 Å². The van der Waals surface area contributed by atoms with E-state index in [9.17, 15) is 9.59 Å². The third-order valence-corrected chi connectivity index (χ3v) is 1.92. The number of carbonyl (C=O) groups is 2. The van der Waals surface area contributed by atoms with E-state index in [2.05, 4.69) is 6.58 Å². The largest absolute Gasteiger partial charge is 0.366 e. The minimum atomic E-state index is -0.292. The van der Waals surface area contributed by atoms with Crippen molar-refractivity contribution in [3.05, 3.63) is 23.8 Å². The molecule has 0 saturated carbocycles. The molecule has 2 N–H and O–H groups in total. The Kier molecular flexibility index (Phi) is 10.1. The molecule has 0 spiro atoms. The number of nitrogens with two attached hydrogens (primary N) is 1. The maximum Gasteiger partial charge on any atom is 0.248 e. The first-order chi connectivity index (χ1) is 7.77. The van der Waals surface area contributed by atoms with Gasteiger partial charge in [-0.2, -0.15) is 0 Å². The van der Waals surface area contributed by atoms with E-state index in [-0.39, 0.29) is 11.8 Å². The summed E-state index contributed by atoms with van der Waals surface area (Å²) in [5, 5.41) is 0. The van der Waals surface area contributed by atoms with Crippen molar-refractivity contribution < 1.29 is 9.59 Å². The molecule has 0 aliphatic rings. The van der Waals surface area contributed by atoms with E-state index in [4.69, 9.17) is 5.73 Å². The molecule has 0 saturated heterocycles. The lowest BCUT2D eigenvalue weighted by Gasteiger charge is -2.07. The van der Waals surface area contributed by atoms with Gasteiger partial charge in [0.2, 0.25) is 11.8 Å². The lowest BCUT2D eigenvalue weighted by atomic mass is 10.1. The van der Waals surface area contributed by atoms with E-state index < -0.39 is 0 Å². The highest BCUT2D eigenvalue weighted by molar-refractivity contribution is 5.92. The van der Waals surface area contributed by atoms with Crippen molar-refractivity contribution in [3.8, 4) is 0 Å². The zero-order chi connectivity index (χ0) is 14.0. The van der Waals surface area contributed by atoms with Crippen LogP contribution >= 0.6 is 0 Å². The SMILES string of the molecule is C=C(C)C(=O)N(C)C.CCC=C(CC)C(N)=O. The monoisotopic (exact) mass is 240 g/mol. The number of amides is 2. The van der Waals surface area contributed by atoms with Gasteiger partial charge in [0.25, 0.3) is 0 Å². The molecule has 0 aromatic carbocycles. The molecule has 0 rings (SSSR count). The number of hydrogen-bond acceptors (Lipinski definition) is 2. The van der Waals surface area contributed by atoms with Crippen LogP contribution in [0.2, 0.25) is 0 Å². The van der Waals surface area contributed by atoms with E-state index in [1.807, 2.05) is 19.9 Å². The number of primary amides is 1. The number of hydrogen-bond donors (Lipinski definition) is 1. The molecule has 0 aliphatic carbocycles. The lowest BCUT2D eigenvalue weighted by Crippen LogP contribution is -2.21. The van der Waals surface area contributed by atoms with Gasteiger partial charge in [0.1, 0.15) is 0 Å².